The summed E-state index contributed by atoms with van der Waals surface area (Å²) in [5, 5.41) is 9.29. The van der Waals surface area contributed by atoms with Crippen LogP contribution in [0.4, 0.5) is 8.78 Å². The zero-order valence-electron chi connectivity index (χ0n) is 9.25. The molecule has 0 heterocycles. The first-order valence-corrected chi connectivity index (χ1v) is 6.20. The Hall–Kier alpha value is -1.64. The van der Waals surface area contributed by atoms with Crippen molar-refractivity contribution in [1.82, 2.24) is 0 Å². The molecule has 0 saturated carbocycles. The van der Waals surface area contributed by atoms with Crippen molar-refractivity contribution in [2.45, 2.75) is 0 Å². The van der Waals surface area contributed by atoms with E-state index in [4.69, 9.17) is 21.6 Å². The van der Waals surface area contributed by atoms with Gasteiger partial charge < -0.3 is 4.74 Å². The standard InChI is InChI=1S/C13H5BrClF2NO/c14-8-4-10(16)13(17)12(5-8)19-11-2-1-9(15)3-7(11)6-18/h1-5H. The minimum Gasteiger partial charge on any atom is -0.453 e. The van der Waals surface area contributed by atoms with Crippen LogP contribution < -0.4 is 4.74 Å². The molecule has 19 heavy (non-hydrogen) atoms. The molecule has 0 atom stereocenters. The van der Waals surface area contributed by atoms with E-state index in [1.165, 1.54) is 24.3 Å². The molecule has 0 amide bonds. The average molecular weight is 345 g/mol. The topological polar surface area (TPSA) is 33.0 Å². The van der Waals surface area contributed by atoms with Gasteiger partial charge in [0.25, 0.3) is 0 Å². The number of benzene rings is 2. The van der Waals surface area contributed by atoms with E-state index < -0.39 is 11.6 Å². The largest absolute Gasteiger partial charge is 0.453 e. The second-order valence-corrected chi connectivity index (χ2v) is 4.91. The average Bonchev–Trinajstić information content (AvgIpc) is 2.37. The van der Waals surface area contributed by atoms with Crippen molar-refractivity contribution in [3.05, 3.63) is 57.0 Å². The van der Waals surface area contributed by atoms with Crippen molar-refractivity contribution in [3.8, 4) is 17.6 Å². The summed E-state index contributed by atoms with van der Waals surface area (Å²) >= 11 is 8.77. The number of ether oxygens (including phenoxy) is 1. The van der Waals surface area contributed by atoms with Crippen LogP contribution in [0.25, 0.3) is 0 Å². The molecule has 2 nitrogen and oxygen atoms in total. The van der Waals surface area contributed by atoms with Crippen molar-refractivity contribution in [2.75, 3.05) is 0 Å². The number of nitrogens with zero attached hydrogens (tertiary/aromatic N) is 1. The van der Waals surface area contributed by atoms with E-state index in [0.29, 0.717) is 9.50 Å². The SMILES string of the molecule is N#Cc1cc(Cl)ccc1Oc1cc(Br)cc(F)c1F. The highest BCUT2D eigenvalue weighted by Crippen LogP contribution is 2.32. The Morgan fingerprint density at radius 1 is 1.16 bits per heavy atom. The van der Waals surface area contributed by atoms with Crippen molar-refractivity contribution in [3.63, 3.8) is 0 Å². The van der Waals surface area contributed by atoms with Gasteiger partial charge in [0.05, 0.1) is 5.56 Å². The lowest BCUT2D eigenvalue weighted by Crippen LogP contribution is -1.94. The highest BCUT2D eigenvalue weighted by molar-refractivity contribution is 9.10. The van der Waals surface area contributed by atoms with E-state index >= 15 is 0 Å². The molecule has 0 radical (unpaired) electrons. The molecule has 0 aromatic heterocycles. The predicted octanol–water partition coefficient (Wildman–Crippen LogP) is 5.04. The summed E-state index contributed by atoms with van der Waals surface area (Å²) in [4.78, 5) is 0. The lowest BCUT2D eigenvalue weighted by molar-refractivity contribution is 0.414. The normalized spacial score (nSPS) is 10.1. The molecule has 2 aromatic carbocycles. The summed E-state index contributed by atoms with van der Waals surface area (Å²) in [5.74, 6) is -2.38. The van der Waals surface area contributed by atoms with Crippen LogP contribution in [0.5, 0.6) is 11.5 Å². The van der Waals surface area contributed by atoms with Gasteiger partial charge in [0, 0.05) is 9.50 Å². The fourth-order valence-corrected chi connectivity index (χ4v) is 1.98. The second-order valence-electron chi connectivity index (χ2n) is 3.55. The molecule has 0 aliphatic heterocycles. The number of hydrogen-bond acceptors (Lipinski definition) is 2. The quantitative estimate of drug-likeness (QED) is 0.715. The minimum absolute atomic E-state index is 0.100. The summed E-state index contributed by atoms with van der Waals surface area (Å²) in [7, 11) is 0. The molecule has 96 valence electrons. The van der Waals surface area contributed by atoms with Crippen molar-refractivity contribution in [2.24, 2.45) is 0 Å². The van der Waals surface area contributed by atoms with Gasteiger partial charge >= 0.3 is 0 Å². The Labute approximate surface area is 121 Å². The molecule has 0 spiro atoms. The first-order chi connectivity index (χ1) is 9.01. The Kier molecular flexibility index (Phi) is 4.03. The third-order valence-corrected chi connectivity index (χ3v) is 2.93. The first-order valence-electron chi connectivity index (χ1n) is 5.03. The maximum Gasteiger partial charge on any atom is 0.201 e. The van der Waals surface area contributed by atoms with Crippen LogP contribution in [-0.2, 0) is 0 Å². The molecule has 0 N–H and O–H groups in total. The van der Waals surface area contributed by atoms with E-state index in [2.05, 4.69) is 15.9 Å². The van der Waals surface area contributed by atoms with Crippen molar-refractivity contribution < 1.29 is 13.5 Å². The van der Waals surface area contributed by atoms with Gasteiger partial charge in [-0.3, -0.25) is 0 Å². The van der Waals surface area contributed by atoms with E-state index in [0.717, 1.165) is 6.07 Å². The Morgan fingerprint density at radius 2 is 1.89 bits per heavy atom. The van der Waals surface area contributed by atoms with Crippen LogP contribution in [0.3, 0.4) is 0 Å². The van der Waals surface area contributed by atoms with Gasteiger partial charge in [-0.2, -0.15) is 9.65 Å². The smallest absolute Gasteiger partial charge is 0.201 e. The highest BCUT2D eigenvalue weighted by atomic mass is 79.9. The van der Waals surface area contributed by atoms with E-state index in [9.17, 15) is 8.78 Å². The van der Waals surface area contributed by atoms with E-state index in [1.807, 2.05) is 6.07 Å². The van der Waals surface area contributed by atoms with Crippen LogP contribution in [-0.4, -0.2) is 0 Å². The zero-order valence-corrected chi connectivity index (χ0v) is 11.6. The maximum absolute atomic E-state index is 13.6. The number of nitriles is 1. The molecule has 0 saturated heterocycles. The number of hydrogen-bond donors (Lipinski definition) is 0. The van der Waals surface area contributed by atoms with E-state index in [1.54, 1.807) is 0 Å². The first kappa shape index (κ1) is 13.8. The van der Waals surface area contributed by atoms with Crippen LogP contribution in [0.15, 0.2) is 34.8 Å². The summed E-state index contributed by atoms with van der Waals surface area (Å²) in [6.07, 6.45) is 0. The molecule has 0 fully saturated rings. The molecule has 0 bridgehead atoms. The summed E-state index contributed by atoms with van der Waals surface area (Å²) in [6.45, 7) is 0. The molecular weight excluding hydrogens is 340 g/mol. The second kappa shape index (κ2) is 5.55. The van der Waals surface area contributed by atoms with Gasteiger partial charge in [-0.15, -0.1) is 0 Å². The molecular formula is C13H5BrClF2NO. The van der Waals surface area contributed by atoms with Gasteiger partial charge in [-0.25, -0.2) is 4.39 Å². The van der Waals surface area contributed by atoms with Gasteiger partial charge in [-0.1, -0.05) is 27.5 Å². The zero-order chi connectivity index (χ0) is 14.0. The Morgan fingerprint density at radius 3 is 2.58 bits per heavy atom. The van der Waals surface area contributed by atoms with Crippen LogP contribution in [0.1, 0.15) is 5.56 Å². The van der Waals surface area contributed by atoms with Crippen LogP contribution in [0.2, 0.25) is 5.02 Å². The monoisotopic (exact) mass is 343 g/mol. The number of rotatable bonds is 2. The van der Waals surface area contributed by atoms with Crippen molar-refractivity contribution in [1.29, 1.82) is 5.26 Å². The summed E-state index contributed by atoms with van der Waals surface area (Å²) in [5.41, 5.74) is 0.132. The minimum atomic E-state index is -1.12. The van der Waals surface area contributed by atoms with E-state index in [-0.39, 0.29) is 17.1 Å². The molecule has 6 heteroatoms. The Balaban J connectivity index is 2.45. The van der Waals surface area contributed by atoms with Crippen LogP contribution in [0, 0.1) is 23.0 Å². The van der Waals surface area contributed by atoms with Crippen LogP contribution >= 0.6 is 27.5 Å². The fourth-order valence-electron chi connectivity index (χ4n) is 1.40. The maximum atomic E-state index is 13.6. The Bertz CT molecular complexity index is 685. The third kappa shape index (κ3) is 3.03. The summed E-state index contributed by atoms with van der Waals surface area (Å²) < 4.78 is 32.3. The van der Waals surface area contributed by atoms with Gasteiger partial charge in [0.2, 0.25) is 5.82 Å². The van der Waals surface area contributed by atoms with Gasteiger partial charge in [0.15, 0.2) is 11.6 Å². The number of halogens is 4. The predicted molar refractivity (Wildman–Crippen MR) is 70.3 cm³/mol. The molecule has 2 rings (SSSR count). The highest BCUT2D eigenvalue weighted by Gasteiger charge is 2.14. The lowest BCUT2D eigenvalue weighted by atomic mass is 10.2. The molecule has 0 unspecified atom stereocenters. The lowest BCUT2D eigenvalue weighted by Gasteiger charge is -2.09. The molecule has 0 aliphatic carbocycles. The molecule has 2 aromatic rings. The molecule has 0 aliphatic rings. The fraction of sp³-hybridized carbons (Fsp3) is 0. The third-order valence-electron chi connectivity index (χ3n) is 2.24. The van der Waals surface area contributed by atoms with Gasteiger partial charge in [-0.05, 0) is 30.3 Å². The van der Waals surface area contributed by atoms with Crippen molar-refractivity contribution >= 4 is 27.5 Å². The summed E-state index contributed by atoms with van der Waals surface area (Å²) in [6, 6.07) is 8.41. The van der Waals surface area contributed by atoms with Gasteiger partial charge in [0.1, 0.15) is 11.8 Å².